The lowest BCUT2D eigenvalue weighted by Crippen LogP contribution is -2.54. The van der Waals surface area contributed by atoms with Crippen molar-refractivity contribution >= 4 is 96.3 Å². The maximum absolute atomic E-state index is 13.2. The highest BCUT2D eigenvalue weighted by Crippen LogP contribution is 2.35. The largest absolute Gasteiger partial charge is 0.482 e. The van der Waals surface area contributed by atoms with Gasteiger partial charge in [0.2, 0.25) is 0 Å². The number of imide groups is 2. The van der Waals surface area contributed by atoms with Crippen LogP contribution in [0.5, 0.6) is 5.75 Å². The standard InChI is InChI=1S/C26H17Br2Cl2N3O5/c1-13-2-5-17(11-21(13)30)31-22(34)12-38-23-14(8-15(27)10-20(23)28)9-19-24(35)32-26(37)33(25(19)36)18-6-3-16(29)4-7-18/h2-11H,12H2,1H3,(H,31,34)(H,32,35,37)/b19-9-. The number of urea groups is 1. The predicted molar refractivity (Wildman–Crippen MR) is 153 cm³/mol. The Morgan fingerprint density at radius 2 is 1.76 bits per heavy atom. The summed E-state index contributed by atoms with van der Waals surface area (Å²) in [5, 5.41) is 5.79. The van der Waals surface area contributed by atoms with Crippen LogP contribution in [0.3, 0.4) is 0 Å². The quantitative estimate of drug-likeness (QED) is 0.228. The van der Waals surface area contributed by atoms with Crippen LogP contribution in [-0.4, -0.2) is 30.4 Å². The van der Waals surface area contributed by atoms with Crippen molar-refractivity contribution in [3.05, 3.63) is 90.3 Å². The van der Waals surface area contributed by atoms with Crippen molar-refractivity contribution in [2.45, 2.75) is 6.92 Å². The molecule has 3 aromatic rings. The van der Waals surface area contributed by atoms with Gasteiger partial charge in [-0.05, 0) is 83.0 Å². The van der Waals surface area contributed by atoms with E-state index in [0.717, 1.165) is 10.5 Å². The van der Waals surface area contributed by atoms with Crippen molar-refractivity contribution in [2.75, 3.05) is 16.8 Å². The Balaban J connectivity index is 1.61. The highest BCUT2D eigenvalue weighted by atomic mass is 79.9. The van der Waals surface area contributed by atoms with E-state index in [9.17, 15) is 19.2 Å². The van der Waals surface area contributed by atoms with Gasteiger partial charge in [0.05, 0.1) is 10.2 Å². The molecule has 4 rings (SSSR count). The van der Waals surface area contributed by atoms with Crippen LogP contribution >= 0.6 is 55.1 Å². The van der Waals surface area contributed by atoms with Crippen molar-refractivity contribution in [3.8, 4) is 5.75 Å². The number of anilines is 2. The first-order valence-electron chi connectivity index (χ1n) is 10.9. The number of rotatable bonds is 6. The Labute approximate surface area is 244 Å². The zero-order valence-electron chi connectivity index (χ0n) is 19.5. The molecule has 0 unspecified atom stereocenters. The fourth-order valence-electron chi connectivity index (χ4n) is 3.48. The highest BCUT2D eigenvalue weighted by Gasteiger charge is 2.37. The van der Waals surface area contributed by atoms with Crippen LogP contribution < -0.4 is 20.3 Å². The minimum Gasteiger partial charge on any atom is -0.482 e. The number of carbonyl (C=O) groups is 4. The summed E-state index contributed by atoms with van der Waals surface area (Å²) in [6.07, 6.45) is 1.29. The maximum Gasteiger partial charge on any atom is 0.335 e. The predicted octanol–water partition coefficient (Wildman–Crippen LogP) is 6.51. The van der Waals surface area contributed by atoms with Gasteiger partial charge >= 0.3 is 6.03 Å². The number of hydrogen-bond donors (Lipinski definition) is 2. The Kier molecular flexibility index (Phi) is 8.57. The Morgan fingerprint density at radius 1 is 1.05 bits per heavy atom. The number of nitrogens with zero attached hydrogens (tertiary/aromatic N) is 1. The molecule has 0 aliphatic carbocycles. The third-order valence-electron chi connectivity index (χ3n) is 5.33. The van der Waals surface area contributed by atoms with E-state index in [2.05, 4.69) is 42.5 Å². The summed E-state index contributed by atoms with van der Waals surface area (Å²) >= 11 is 18.8. The molecule has 0 saturated carbocycles. The molecule has 3 aromatic carbocycles. The molecule has 0 aromatic heterocycles. The second-order valence-corrected chi connectivity index (χ2v) is 10.7. The van der Waals surface area contributed by atoms with Gasteiger partial charge in [-0.1, -0.05) is 45.2 Å². The van der Waals surface area contributed by atoms with E-state index in [1.165, 1.54) is 30.3 Å². The molecule has 38 heavy (non-hydrogen) atoms. The normalized spacial score (nSPS) is 14.5. The number of halogens is 4. The van der Waals surface area contributed by atoms with Crippen LogP contribution in [0.15, 0.2) is 69.1 Å². The molecule has 0 radical (unpaired) electrons. The van der Waals surface area contributed by atoms with Crippen molar-refractivity contribution in [2.24, 2.45) is 0 Å². The molecule has 1 aliphatic heterocycles. The molecule has 1 aliphatic rings. The molecule has 12 heteroatoms. The van der Waals surface area contributed by atoms with Crippen molar-refractivity contribution in [1.82, 2.24) is 5.32 Å². The lowest BCUT2D eigenvalue weighted by Gasteiger charge is -2.26. The van der Waals surface area contributed by atoms with Gasteiger partial charge in [-0.25, -0.2) is 9.69 Å². The Morgan fingerprint density at radius 3 is 2.45 bits per heavy atom. The minimum atomic E-state index is -0.890. The van der Waals surface area contributed by atoms with E-state index in [-0.39, 0.29) is 23.6 Å². The monoisotopic (exact) mass is 679 g/mol. The van der Waals surface area contributed by atoms with Crippen LogP contribution in [0.2, 0.25) is 10.0 Å². The van der Waals surface area contributed by atoms with Crippen LogP contribution in [0.25, 0.3) is 6.08 Å². The molecule has 2 N–H and O–H groups in total. The molecule has 1 saturated heterocycles. The number of benzene rings is 3. The second-order valence-electron chi connectivity index (χ2n) is 8.04. The lowest BCUT2D eigenvalue weighted by atomic mass is 10.1. The van der Waals surface area contributed by atoms with Gasteiger partial charge in [-0.2, -0.15) is 0 Å². The molecular weight excluding hydrogens is 665 g/mol. The molecule has 5 amide bonds. The Bertz CT molecular complexity index is 1510. The summed E-state index contributed by atoms with van der Waals surface area (Å²) in [6, 6.07) is 13.5. The van der Waals surface area contributed by atoms with E-state index in [4.69, 9.17) is 27.9 Å². The highest BCUT2D eigenvalue weighted by molar-refractivity contribution is 9.11. The molecule has 0 bridgehead atoms. The molecule has 194 valence electrons. The summed E-state index contributed by atoms with van der Waals surface area (Å²) in [6.45, 7) is 1.47. The van der Waals surface area contributed by atoms with E-state index in [0.29, 0.717) is 30.2 Å². The number of ether oxygens (including phenoxy) is 1. The number of aryl methyl sites for hydroxylation is 1. The first-order valence-corrected chi connectivity index (χ1v) is 13.2. The topological polar surface area (TPSA) is 105 Å². The third kappa shape index (κ3) is 6.27. The summed E-state index contributed by atoms with van der Waals surface area (Å²) in [7, 11) is 0. The first-order chi connectivity index (χ1) is 18.0. The van der Waals surface area contributed by atoms with Crippen LogP contribution in [0.1, 0.15) is 11.1 Å². The van der Waals surface area contributed by atoms with Crippen molar-refractivity contribution < 1.29 is 23.9 Å². The van der Waals surface area contributed by atoms with Gasteiger partial charge in [-0.15, -0.1) is 0 Å². The number of amides is 5. The molecule has 1 heterocycles. The van der Waals surface area contributed by atoms with E-state index < -0.39 is 23.8 Å². The fourth-order valence-corrected chi connectivity index (χ4v) is 5.16. The van der Waals surface area contributed by atoms with Gasteiger partial charge in [0.25, 0.3) is 17.7 Å². The van der Waals surface area contributed by atoms with Crippen LogP contribution in [0, 0.1) is 6.92 Å². The average molecular weight is 682 g/mol. The molecule has 1 fully saturated rings. The first kappa shape index (κ1) is 27.8. The van der Waals surface area contributed by atoms with Gasteiger partial charge in [-0.3, -0.25) is 19.7 Å². The molecule has 8 nitrogen and oxygen atoms in total. The molecule has 0 atom stereocenters. The summed E-state index contributed by atoms with van der Waals surface area (Å²) < 4.78 is 6.84. The summed E-state index contributed by atoms with van der Waals surface area (Å²) in [4.78, 5) is 51.7. The number of nitrogens with one attached hydrogen (secondary N) is 2. The number of carbonyl (C=O) groups excluding carboxylic acids is 4. The zero-order chi connectivity index (χ0) is 27.6. The maximum atomic E-state index is 13.2. The lowest BCUT2D eigenvalue weighted by molar-refractivity contribution is -0.122. The average Bonchev–Trinajstić information content (AvgIpc) is 2.84. The number of barbiturate groups is 1. The summed E-state index contributed by atoms with van der Waals surface area (Å²) in [5.74, 6) is -1.96. The number of hydrogen-bond acceptors (Lipinski definition) is 5. The third-order valence-corrected chi connectivity index (χ3v) is 7.03. The van der Waals surface area contributed by atoms with Gasteiger partial charge in [0.1, 0.15) is 11.3 Å². The second kappa shape index (κ2) is 11.7. The molecule has 0 spiro atoms. The fraction of sp³-hybridized carbons (Fsp3) is 0.0769. The summed E-state index contributed by atoms with van der Waals surface area (Å²) in [5.41, 5.74) is 1.60. The smallest absolute Gasteiger partial charge is 0.335 e. The van der Waals surface area contributed by atoms with Crippen LogP contribution in [0.4, 0.5) is 16.2 Å². The van der Waals surface area contributed by atoms with Crippen molar-refractivity contribution in [3.63, 3.8) is 0 Å². The zero-order valence-corrected chi connectivity index (χ0v) is 24.2. The van der Waals surface area contributed by atoms with Gasteiger partial charge in [0, 0.05) is 25.8 Å². The molecular formula is C26H17Br2Cl2N3O5. The van der Waals surface area contributed by atoms with E-state index in [1.54, 1.807) is 30.3 Å². The Hall–Kier alpha value is -3.18. The minimum absolute atomic E-state index is 0.202. The van der Waals surface area contributed by atoms with E-state index in [1.807, 2.05) is 6.92 Å². The van der Waals surface area contributed by atoms with Gasteiger partial charge in [0.15, 0.2) is 6.61 Å². The van der Waals surface area contributed by atoms with Crippen molar-refractivity contribution in [1.29, 1.82) is 0 Å². The van der Waals surface area contributed by atoms with Gasteiger partial charge < -0.3 is 10.1 Å². The SMILES string of the molecule is Cc1ccc(NC(=O)COc2c(Br)cc(Br)cc2/C=C2/C(=O)NC(=O)N(c3ccc(Cl)cc3)C2=O)cc1Cl. The van der Waals surface area contributed by atoms with Crippen LogP contribution in [-0.2, 0) is 14.4 Å². The van der Waals surface area contributed by atoms with E-state index >= 15 is 0 Å².